The van der Waals surface area contributed by atoms with E-state index in [1.807, 2.05) is 29.2 Å². The van der Waals surface area contributed by atoms with Gasteiger partial charge in [0, 0.05) is 31.9 Å². The Hall–Kier alpha value is -2.94. The highest BCUT2D eigenvalue weighted by Gasteiger charge is 2.27. The van der Waals surface area contributed by atoms with Gasteiger partial charge in [0.1, 0.15) is 5.75 Å². The van der Waals surface area contributed by atoms with Crippen molar-refractivity contribution in [1.82, 2.24) is 20.1 Å². The van der Waals surface area contributed by atoms with Gasteiger partial charge in [0.15, 0.2) is 0 Å². The van der Waals surface area contributed by atoms with Crippen molar-refractivity contribution in [2.45, 2.75) is 13.0 Å². The first-order valence-electron chi connectivity index (χ1n) is 7.94. The van der Waals surface area contributed by atoms with Crippen LogP contribution < -0.4 is 20.5 Å². The molecule has 2 N–H and O–H groups in total. The van der Waals surface area contributed by atoms with Crippen LogP contribution in [0, 0.1) is 0 Å². The number of rotatable bonds is 6. The van der Waals surface area contributed by atoms with Crippen LogP contribution in [-0.4, -0.2) is 52.6 Å². The van der Waals surface area contributed by atoms with E-state index in [-0.39, 0.29) is 18.8 Å². The molecule has 0 radical (unpaired) electrons. The number of hydrogen-bond acceptors (Lipinski definition) is 7. The number of carbonyl (C=O) groups excluding carboxylic acids is 1. The molecule has 1 aromatic carbocycles. The van der Waals surface area contributed by atoms with E-state index >= 15 is 0 Å². The second-order valence-electron chi connectivity index (χ2n) is 5.49. The lowest BCUT2D eigenvalue weighted by Gasteiger charge is -2.17. The number of aromatic nitrogens is 3. The molecule has 0 atom stereocenters. The molecule has 132 valence electrons. The Bertz CT molecular complexity index is 818. The van der Waals surface area contributed by atoms with Gasteiger partial charge >= 0.3 is 0 Å². The van der Waals surface area contributed by atoms with E-state index < -0.39 is 11.5 Å². The summed E-state index contributed by atoms with van der Waals surface area (Å²) < 4.78 is 6.58. The summed E-state index contributed by atoms with van der Waals surface area (Å²) in [5.41, 5.74) is 0.154. The van der Waals surface area contributed by atoms with Crippen molar-refractivity contribution in [1.29, 1.82) is 0 Å². The number of benzene rings is 1. The Morgan fingerprint density at radius 1 is 1.28 bits per heavy atom. The summed E-state index contributed by atoms with van der Waals surface area (Å²) in [6.45, 7) is 1.22. The summed E-state index contributed by atoms with van der Waals surface area (Å²) in [5.74, 6) is 0.563. The number of amides is 1. The molecule has 2 heterocycles. The molecule has 0 unspecified atom stereocenters. The standard InChI is InChI=1S/C16H19N5O4/c1-25-12-5-3-11(4-6-12)20-8-9-21-15(24)13(18-19-16(20)21)14(23)17-7-2-10-22/h3-6,22H,2,7-10H2,1H3,(H,17,23). The van der Waals surface area contributed by atoms with Crippen LogP contribution in [0.25, 0.3) is 0 Å². The van der Waals surface area contributed by atoms with Crippen LogP contribution in [0.15, 0.2) is 29.1 Å². The molecular weight excluding hydrogens is 326 g/mol. The Morgan fingerprint density at radius 2 is 2.04 bits per heavy atom. The topological polar surface area (TPSA) is 110 Å². The van der Waals surface area contributed by atoms with Crippen LogP contribution in [0.2, 0.25) is 0 Å². The predicted octanol–water partition coefficient (Wildman–Crippen LogP) is -0.0892. The number of methoxy groups -OCH3 is 1. The van der Waals surface area contributed by atoms with Gasteiger partial charge in [0.25, 0.3) is 11.5 Å². The fourth-order valence-electron chi connectivity index (χ4n) is 2.63. The fourth-order valence-corrected chi connectivity index (χ4v) is 2.63. The first-order valence-corrected chi connectivity index (χ1v) is 7.94. The Morgan fingerprint density at radius 3 is 2.72 bits per heavy atom. The number of nitrogens with zero attached hydrogens (tertiary/aromatic N) is 4. The van der Waals surface area contributed by atoms with Crippen molar-refractivity contribution in [3.05, 3.63) is 40.3 Å². The molecule has 0 aliphatic carbocycles. The van der Waals surface area contributed by atoms with E-state index in [0.717, 1.165) is 11.4 Å². The van der Waals surface area contributed by atoms with E-state index in [1.165, 1.54) is 4.57 Å². The summed E-state index contributed by atoms with van der Waals surface area (Å²) >= 11 is 0. The summed E-state index contributed by atoms with van der Waals surface area (Å²) in [4.78, 5) is 26.4. The van der Waals surface area contributed by atoms with E-state index in [2.05, 4.69) is 15.5 Å². The highest BCUT2D eigenvalue weighted by Crippen LogP contribution is 2.27. The first kappa shape index (κ1) is 16.9. The van der Waals surface area contributed by atoms with Crippen LogP contribution >= 0.6 is 0 Å². The molecule has 25 heavy (non-hydrogen) atoms. The Kier molecular flexibility index (Phi) is 4.94. The van der Waals surface area contributed by atoms with Crippen LogP contribution in [-0.2, 0) is 6.54 Å². The number of ether oxygens (including phenoxy) is 1. The van der Waals surface area contributed by atoms with Gasteiger partial charge < -0.3 is 20.1 Å². The average Bonchev–Trinajstić information content (AvgIpc) is 3.07. The van der Waals surface area contributed by atoms with Crippen molar-refractivity contribution >= 4 is 17.5 Å². The number of carbonyl (C=O) groups is 1. The van der Waals surface area contributed by atoms with Crippen LogP contribution in [0.3, 0.4) is 0 Å². The third-order valence-electron chi connectivity index (χ3n) is 3.94. The number of aliphatic hydroxyl groups excluding tert-OH is 1. The SMILES string of the molecule is COc1ccc(N2CCn3c2nnc(C(=O)NCCCO)c3=O)cc1. The normalized spacial score (nSPS) is 12.8. The molecule has 1 aliphatic heterocycles. The summed E-state index contributed by atoms with van der Waals surface area (Å²) in [5, 5.41) is 19.2. The Balaban J connectivity index is 1.85. The lowest BCUT2D eigenvalue weighted by Crippen LogP contribution is -2.35. The highest BCUT2D eigenvalue weighted by atomic mass is 16.5. The predicted molar refractivity (Wildman–Crippen MR) is 90.3 cm³/mol. The molecule has 0 spiro atoms. The molecule has 9 nitrogen and oxygen atoms in total. The quantitative estimate of drug-likeness (QED) is 0.704. The molecule has 0 fully saturated rings. The molecule has 9 heteroatoms. The van der Waals surface area contributed by atoms with Gasteiger partial charge in [-0.25, -0.2) is 0 Å². The lowest BCUT2D eigenvalue weighted by atomic mass is 10.3. The number of anilines is 2. The van der Waals surface area contributed by atoms with Gasteiger partial charge in [-0.15, -0.1) is 10.2 Å². The summed E-state index contributed by atoms with van der Waals surface area (Å²) in [6, 6.07) is 7.39. The van der Waals surface area contributed by atoms with Crippen molar-refractivity contribution in [3.63, 3.8) is 0 Å². The minimum atomic E-state index is -0.579. The van der Waals surface area contributed by atoms with E-state index in [0.29, 0.717) is 25.5 Å². The van der Waals surface area contributed by atoms with Crippen LogP contribution in [0.4, 0.5) is 11.6 Å². The van der Waals surface area contributed by atoms with Gasteiger partial charge in [0.2, 0.25) is 11.6 Å². The number of hydrogen-bond donors (Lipinski definition) is 2. The van der Waals surface area contributed by atoms with Crippen molar-refractivity contribution < 1.29 is 14.6 Å². The van der Waals surface area contributed by atoms with Crippen LogP contribution in [0.5, 0.6) is 5.75 Å². The maximum atomic E-state index is 12.5. The number of fused-ring (bicyclic) bond motifs is 1. The summed E-state index contributed by atoms with van der Waals surface area (Å²) in [7, 11) is 1.60. The lowest BCUT2D eigenvalue weighted by molar-refractivity contribution is 0.0942. The van der Waals surface area contributed by atoms with Crippen molar-refractivity contribution in [2.75, 3.05) is 31.7 Å². The number of aliphatic hydroxyl groups is 1. The smallest absolute Gasteiger partial charge is 0.286 e. The van der Waals surface area contributed by atoms with Crippen molar-refractivity contribution in [3.8, 4) is 5.75 Å². The first-order chi connectivity index (χ1) is 12.2. The summed E-state index contributed by atoms with van der Waals surface area (Å²) in [6.07, 6.45) is 0.413. The fraction of sp³-hybridized carbons (Fsp3) is 0.375. The number of nitrogens with one attached hydrogen (secondary N) is 1. The molecule has 1 aromatic heterocycles. The molecule has 3 rings (SSSR count). The largest absolute Gasteiger partial charge is 0.497 e. The van der Waals surface area contributed by atoms with E-state index in [1.54, 1.807) is 7.11 Å². The highest BCUT2D eigenvalue weighted by molar-refractivity contribution is 5.91. The minimum absolute atomic E-state index is 0.0358. The minimum Gasteiger partial charge on any atom is -0.497 e. The van der Waals surface area contributed by atoms with Gasteiger partial charge in [-0.2, -0.15) is 0 Å². The molecule has 0 saturated carbocycles. The van der Waals surface area contributed by atoms with E-state index in [4.69, 9.17) is 9.84 Å². The van der Waals surface area contributed by atoms with Crippen LogP contribution in [0.1, 0.15) is 16.9 Å². The zero-order valence-electron chi connectivity index (χ0n) is 13.8. The van der Waals surface area contributed by atoms with E-state index in [9.17, 15) is 9.59 Å². The zero-order chi connectivity index (χ0) is 17.8. The molecular formula is C16H19N5O4. The van der Waals surface area contributed by atoms with Gasteiger partial charge in [0.05, 0.1) is 7.11 Å². The van der Waals surface area contributed by atoms with Crippen molar-refractivity contribution in [2.24, 2.45) is 0 Å². The van der Waals surface area contributed by atoms with Gasteiger partial charge in [-0.05, 0) is 30.7 Å². The monoisotopic (exact) mass is 345 g/mol. The molecule has 0 saturated heterocycles. The zero-order valence-corrected chi connectivity index (χ0v) is 13.8. The van der Waals surface area contributed by atoms with Gasteiger partial charge in [-0.3, -0.25) is 14.2 Å². The maximum Gasteiger partial charge on any atom is 0.286 e. The third-order valence-corrected chi connectivity index (χ3v) is 3.94. The van der Waals surface area contributed by atoms with Gasteiger partial charge in [-0.1, -0.05) is 0 Å². The average molecular weight is 345 g/mol. The maximum absolute atomic E-state index is 12.5. The molecule has 0 bridgehead atoms. The second-order valence-corrected chi connectivity index (χ2v) is 5.49. The molecule has 1 amide bonds. The molecule has 2 aromatic rings. The Labute approximate surface area is 143 Å². The third kappa shape index (κ3) is 3.31. The molecule has 1 aliphatic rings. The second kappa shape index (κ2) is 7.31.